The minimum absolute atomic E-state index is 0.489. The number of para-hydroxylation sites is 1. The largest absolute Gasteiger partial charge is 0.491 e. The molecule has 0 saturated carbocycles. The number of hydrogen-bond donors (Lipinski definition) is 1. The van der Waals surface area contributed by atoms with Crippen molar-refractivity contribution >= 4 is 33.2 Å². The minimum Gasteiger partial charge on any atom is -0.491 e. The molecule has 106 valence electrons. The molecule has 2 aromatic rings. The van der Waals surface area contributed by atoms with Gasteiger partial charge in [0.15, 0.2) is 5.75 Å². The van der Waals surface area contributed by atoms with E-state index in [9.17, 15) is 0 Å². The quantitative estimate of drug-likeness (QED) is 0.743. The Morgan fingerprint density at radius 1 is 1.15 bits per heavy atom. The van der Waals surface area contributed by atoms with Crippen molar-refractivity contribution in [3.05, 3.63) is 45.9 Å². The van der Waals surface area contributed by atoms with Crippen molar-refractivity contribution in [2.45, 2.75) is 13.3 Å². The third-order valence-corrected chi connectivity index (χ3v) is 3.46. The van der Waals surface area contributed by atoms with Gasteiger partial charge in [0.25, 0.3) is 0 Å². The lowest BCUT2D eigenvalue weighted by Crippen LogP contribution is -2.00. The van der Waals surface area contributed by atoms with E-state index in [2.05, 4.69) is 15.9 Å². The molecule has 0 aliphatic rings. The summed E-state index contributed by atoms with van der Waals surface area (Å²) in [5.41, 5.74) is 6.55. The average Bonchev–Trinajstić information content (AvgIpc) is 2.42. The molecular formula is C15H15BrClNO2. The first kappa shape index (κ1) is 15.0. The summed E-state index contributed by atoms with van der Waals surface area (Å²) < 4.78 is 12.1. The van der Waals surface area contributed by atoms with Gasteiger partial charge in [-0.1, -0.05) is 24.6 Å². The highest BCUT2D eigenvalue weighted by molar-refractivity contribution is 9.10. The van der Waals surface area contributed by atoms with Crippen molar-refractivity contribution in [2.24, 2.45) is 0 Å². The van der Waals surface area contributed by atoms with Crippen molar-refractivity contribution in [1.82, 2.24) is 0 Å². The second-order valence-corrected chi connectivity index (χ2v) is 5.48. The predicted octanol–water partition coefficient (Wildman–Crippen LogP) is 5.27. The molecule has 2 rings (SSSR count). The first-order chi connectivity index (χ1) is 9.61. The molecule has 0 aliphatic carbocycles. The minimum atomic E-state index is 0.489. The summed E-state index contributed by atoms with van der Waals surface area (Å²) in [7, 11) is 0. The molecule has 2 N–H and O–H groups in total. The zero-order valence-electron chi connectivity index (χ0n) is 11.0. The van der Waals surface area contributed by atoms with E-state index in [0.717, 1.165) is 10.9 Å². The highest BCUT2D eigenvalue weighted by atomic mass is 79.9. The Kier molecular flexibility index (Phi) is 5.15. The lowest BCUT2D eigenvalue weighted by molar-refractivity contribution is 0.318. The molecule has 0 aliphatic heterocycles. The lowest BCUT2D eigenvalue weighted by Gasteiger charge is -2.13. The normalized spacial score (nSPS) is 10.3. The summed E-state index contributed by atoms with van der Waals surface area (Å²) in [6.45, 7) is 2.67. The fourth-order valence-electron chi connectivity index (χ4n) is 1.63. The van der Waals surface area contributed by atoms with Crippen LogP contribution in [0.1, 0.15) is 13.3 Å². The van der Waals surface area contributed by atoms with Crippen LogP contribution in [-0.4, -0.2) is 6.61 Å². The number of benzene rings is 2. The number of rotatable bonds is 5. The molecule has 5 heteroatoms. The van der Waals surface area contributed by atoms with Gasteiger partial charge in [-0.25, -0.2) is 0 Å². The molecule has 0 unspecified atom stereocenters. The van der Waals surface area contributed by atoms with E-state index >= 15 is 0 Å². The molecule has 0 atom stereocenters. The third-order valence-electron chi connectivity index (χ3n) is 2.60. The SMILES string of the molecule is CCCOc1cccc(Oc2ccc(Cl)cc2Br)c1N. The topological polar surface area (TPSA) is 44.5 Å². The summed E-state index contributed by atoms with van der Waals surface area (Å²) in [5.74, 6) is 1.84. The van der Waals surface area contributed by atoms with E-state index in [0.29, 0.717) is 34.6 Å². The molecule has 0 aromatic heterocycles. The second-order valence-electron chi connectivity index (χ2n) is 4.19. The van der Waals surface area contributed by atoms with Gasteiger partial charge in [-0.2, -0.15) is 0 Å². The lowest BCUT2D eigenvalue weighted by atomic mass is 10.2. The molecule has 0 radical (unpaired) electrons. The number of halogens is 2. The fraction of sp³-hybridized carbons (Fsp3) is 0.200. The van der Waals surface area contributed by atoms with Crippen molar-refractivity contribution in [2.75, 3.05) is 12.3 Å². The third kappa shape index (κ3) is 3.58. The van der Waals surface area contributed by atoms with Crippen LogP contribution in [0.15, 0.2) is 40.9 Å². The molecule has 0 saturated heterocycles. The van der Waals surface area contributed by atoms with Crippen LogP contribution in [-0.2, 0) is 0 Å². The van der Waals surface area contributed by atoms with Crippen molar-refractivity contribution in [1.29, 1.82) is 0 Å². The first-order valence-electron chi connectivity index (χ1n) is 6.26. The van der Waals surface area contributed by atoms with Gasteiger partial charge in [-0.15, -0.1) is 0 Å². The zero-order valence-corrected chi connectivity index (χ0v) is 13.4. The van der Waals surface area contributed by atoms with E-state index < -0.39 is 0 Å². The van der Waals surface area contributed by atoms with E-state index in [4.69, 9.17) is 26.8 Å². The summed E-state index contributed by atoms with van der Waals surface area (Å²) in [4.78, 5) is 0. The summed E-state index contributed by atoms with van der Waals surface area (Å²) >= 11 is 9.31. The molecular weight excluding hydrogens is 342 g/mol. The Morgan fingerprint density at radius 3 is 2.60 bits per heavy atom. The Labute approximate surface area is 131 Å². The Bertz CT molecular complexity index is 604. The Balaban J connectivity index is 2.24. The smallest absolute Gasteiger partial charge is 0.154 e. The van der Waals surface area contributed by atoms with Crippen LogP contribution in [0.25, 0.3) is 0 Å². The van der Waals surface area contributed by atoms with E-state index in [1.54, 1.807) is 24.3 Å². The molecule has 0 amide bonds. The highest BCUT2D eigenvalue weighted by Crippen LogP contribution is 2.37. The van der Waals surface area contributed by atoms with Crippen LogP contribution in [0, 0.1) is 0 Å². The zero-order chi connectivity index (χ0) is 14.5. The van der Waals surface area contributed by atoms with Gasteiger partial charge in [0.05, 0.1) is 11.1 Å². The van der Waals surface area contributed by atoms with E-state index in [-0.39, 0.29) is 0 Å². The van der Waals surface area contributed by atoms with Crippen LogP contribution >= 0.6 is 27.5 Å². The van der Waals surface area contributed by atoms with Crippen molar-refractivity contribution < 1.29 is 9.47 Å². The molecule has 3 nitrogen and oxygen atoms in total. The summed E-state index contributed by atoms with van der Waals surface area (Å²) in [5, 5.41) is 0.636. The number of nitrogen functional groups attached to an aromatic ring is 1. The standard InChI is InChI=1S/C15H15BrClNO2/c1-2-8-19-13-4-3-5-14(15(13)18)20-12-7-6-10(17)9-11(12)16/h3-7,9H,2,8,18H2,1H3. The molecule has 0 heterocycles. The van der Waals surface area contributed by atoms with Gasteiger partial charge in [-0.3, -0.25) is 0 Å². The molecule has 0 spiro atoms. The molecule has 20 heavy (non-hydrogen) atoms. The average molecular weight is 357 g/mol. The number of hydrogen-bond acceptors (Lipinski definition) is 3. The second kappa shape index (κ2) is 6.86. The Morgan fingerprint density at radius 2 is 1.90 bits per heavy atom. The highest BCUT2D eigenvalue weighted by Gasteiger charge is 2.10. The van der Waals surface area contributed by atoms with Crippen LogP contribution in [0.4, 0.5) is 5.69 Å². The monoisotopic (exact) mass is 355 g/mol. The maximum absolute atomic E-state index is 6.06. The first-order valence-corrected chi connectivity index (χ1v) is 7.43. The van der Waals surface area contributed by atoms with Gasteiger partial charge in [-0.05, 0) is 52.7 Å². The maximum atomic E-state index is 6.06. The maximum Gasteiger partial charge on any atom is 0.154 e. The Hall–Kier alpha value is -1.39. The molecule has 0 bridgehead atoms. The van der Waals surface area contributed by atoms with E-state index in [1.807, 2.05) is 19.1 Å². The summed E-state index contributed by atoms with van der Waals surface area (Å²) in [6, 6.07) is 10.8. The van der Waals surface area contributed by atoms with Gasteiger partial charge in [0.1, 0.15) is 17.2 Å². The number of anilines is 1. The van der Waals surface area contributed by atoms with Crippen LogP contribution in [0.3, 0.4) is 0 Å². The van der Waals surface area contributed by atoms with Crippen molar-refractivity contribution in [3.63, 3.8) is 0 Å². The fourth-order valence-corrected chi connectivity index (χ4v) is 2.39. The van der Waals surface area contributed by atoms with Gasteiger partial charge < -0.3 is 15.2 Å². The van der Waals surface area contributed by atoms with Gasteiger partial charge >= 0.3 is 0 Å². The van der Waals surface area contributed by atoms with Gasteiger partial charge in [0.2, 0.25) is 0 Å². The van der Waals surface area contributed by atoms with Crippen LogP contribution in [0.5, 0.6) is 17.2 Å². The number of ether oxygens (including phenoxy) is 2. The summed E-state index contributed by atoms with van der Waals surface area (Å²) in [6.07, 6.45) is 0.924. The molecule has 0 fully saturated rings. The van der Waals surface area contributed by atoms with E-state index in [1.165, 1.54) is 0 Å². The van der Waals surface area contributed by atoms with Gasteiger partial charge in [0, 0.05) is 5.02 Å². The van der Waals surface area contributed by atoms with Crippen LogP contribution in [0.2, 0.25) is 5.02 Å². The number of nitrogens with two attached hydrogens (primary N) is 1. The van der Waals surface area contributed by atoms with Crippen LogP contribution < -0.4 is 15.2 Å². The van der Waals surface area contributed by atoms with Crippen molar-refractivity contribution in [3.8, 4) is 17.2 Å². The molecule has 2 aromatic carbocycles. The predicted molar refractivity (Wildman–Crippen MR) is 85.9 cm³/mol.